The molecule has 0 aliphatic rings. The molecule has 0 radical (unpaired) electrons. The van der Waals surface area contributed by atoms with Gasteiger partial charge in [0.2, 0.25) is 0 Å². The lowest BCUT2D eigenvalue weighted by Crippen LogP contribution is -2.29. The summed E-state index contributed by atoms with van der Waals surface area (Å²) in [7, 11) is 0. The third-order valence-electron chi connectivity index (χ3n) is 3.51. The molecule has 3 heterocycles. The van der Waals surface area contributed by atoms with Gasteiger partial charge in [0.25, 0.3) is 5.91 Å². The Labute approximate surface area is 154 Å². The third kappa shape index (κ3) is 5.36. The van der Waals surface area contributed by atoms with Crippen molar-refractivity contribution in [1.82, 2.24) is 20.5 Å². The average Bonchev–Trinajstić information content (AvgIpc) is 2.68. The van der Waals surface area contributed by atoms with Crippen molar-refractivity contribution < 1.29 is 9.21 Å². The lowest BCUT2D eigenvalue weighted by Gasteiger charge is -2.08. The normalized spacial score (nSPS) is 10.3. The average molecular weight is 366 g/mol. The molecule has 0 spiro atoms. The summed E-state index contributed by atoms with van der Waals surface area (Å²) in [6.45, 7) is 2.80. The van der Waals surface area contributed by atoms with Crippen LogP contribution in [0, 0.1) is 6.92 Å². The predicted octanol–water partition coefficient (Wildman–Crippen LogP) is 1.72. The molecule has 3 aromatic rings. The summed E-state index contributed by atoms with van der Waals surface area (Å²) >= 11 is 0. The maximum absolute atomic E-state index is 11.9. The highest BCUT2D eigenvalue weighted by Gasteiger charge is 2.05. The number of anilines is 3. The van der Waals surface area contributed by atoms with Crippen LogP contribution in [0.4, 0.5) is 17.5 Å². The van der Waals surface area contributed by atoms with Crippen LogP contribution in [0.1, 0.15) is 15.9 Å². The number of pyridine rings is 1. The highest BCUT2D eigenvalue weighted by atomic mass is 16.4. The molecule has 3 aromatic heterocycles. The predicted molar refractivity (Wildman–Crippen MR) is 100 cm³/mol. The summed E-state index contributed by atoms with van der Waals surface area (Å²) in [5.41, 5.74) is 0.868. The number of nitrogens with one attached hydrogen (secondary N) is 3. The van der Waals surface area contributed by atoms with Gasteiger partial charge in [-0.05, 0) is 36.8 Å². The number of carbonyl (C=O) groups excluding carboxylic acids is 1. The van der Waals surface area contributed by atoms with Gasteiger partial charge in [-0.25, -0.2) is 9.78 Å². The number of nitrogens with zero attached hydrogens (tertiary/aromatic N) is 3. The van der Waals surface area contributed by atoms with E-state index in [9.17, 15) is 9.59 Å². The molecule has 0 aliphatic heterocycles. The molecule has 0 saturated carbocycles. The Bertz CT molecular complexity index is 934. The fourth-order valence-corrected chi connectivity index (χ4v) is 2.12. The van der Waals surface area contributed by atoms with Gasteiger partial charge in [0.15, 0.2) is 5.82 Å². The number of carbonyl (C=O) groups is 1. The van der Waals surface area contributed by atoms with Crippen LogP contribution in [0.3, 0.4) is 0 Å². The summed E-state index contributed by atoms with van der Waals surface area (Å²) in [4.78, 5) is 27.0. The van der Waals surface area contributed by atoms with Gasteiger partial charge in [0.05, 0.1) is 5.56 Å². The van der Waals surface area contributed by atoms with E-state index in [-0.39, 0.29) is 11.5 Å². The molecule has 0 atom stereocenters. The van der Waals surface area contributed by atoms with Crippen LogP contribution in [0.5, 0.6) is 0 Å². The molecule has 9 heteroatoms. The second-order valence-electron chi connectivity index (χ2n) is 5.68. The standard InChI is InChI=1S/C18H18N6O3/c1-12-2-4-14(21-10-12)22-16-6-5-15(23-24-16)19-8-9-20-18(26)13-3-7-17(25)27-11-13/h2-7,10-11H,8-9H2,1H3,(H,19,23)(H,20,26)(H,21,22,24). The first kappa shape index (κ1) is 18.1. The molecule has 0 aromatic carbocycles. The van der Waals surface area contributed by atoms with Crippen molar-refractivity contribution in [3.8, 4) is 0 Å². The summed E-state index contributed by atoms with van der Waals surface area (Å²) in [6.07, 6.45) is 2.90. The Balaban J connectivity index is 1.43. The van der Waals surface area contributed by atoms with Crippen LogP contribution in [0.2, 0.25) is 0 Å². The lowest BCUT2D eigenvalue weighted by molar-refractivity contribution is 0.0952. The summed E-state index contributed by atoms with van der Waals surface area (Å²) < 4.78 is 4.65. The Morgan fingerprint density at radius 2 is 1.78 bits per heavy atom. The van der Waals surface area contributed by atoms with E-state index >= 15 is 0 Å². The van der Waals surface area contributed by atoms with E-state index in [1.165, 1.54) is 12.1 Å². The van der Waals surface area contributed by atoms with E-state index in [0.29, 0.717) is 30.5 Å². The van der Waals surface area contributed by atoms with Crippen LogP contribution < -0.4 is 21.6 Å². The fraction of sp³-hybridized carbons (Fsp3) is 0.167. The zero-order chi connectivity index (χ0) is 19.1. The first-order valence-electron chi connectivity index (χ1n) is 8.24. The number of aromatic nitrogens is 3. The van der Waals surface area contributed by atoms with E-state index in [0.717, 1.165) is 11.8 Å². The number of hydrogen-bond acceptors (Lipinski definition) is 8. The van der Waals surface area contributed by atoms with Gasteiger partial charge < -0.3 is 20.4 Å². The van der Waals surface area contributed by atoms with Crippen LogP contribution in [0.15, 0.2) is 58.1 Å². The summed E-state index contributed by atoms with van der Waals surface area (Å²) in [5.74, 6) is 1.53. The van der Waals surface area contributed by atoms with Crippen LogP contribution >= 0.6 is 0 Å². The van der Waals surface area contributed by atoms with Crippen molar-refractivity contribution in [2.45, 2.75) is 6.92 Å². The molecular formula is C18H18N6O3. The van der Waals surface area contributed by atoms with Gasteiger partial charge in [0, 0.05) is 25.4 Å². The second-order valence-corrected chi connectivity index (χ2v) is 5.68. The Hall–Kier alpha value is -3.75. The van der Waals surface area contributed by atoms with Crippen molar-refractivity contribution in [1.29, 1.82) is 0 Å². The molecule has 0 fully saturated rings. The van der Waals surface area contributed by atoms with E-state index in [4.69, 9.17) is 0 Å². The molecule has 1 amide bonds. The molecule has 9 nitrogen and oxygen atoms in total. The molecular weight excluding hydrogens is 348 g/mol. The van der Waals surface area contributed by atoms with Crippen LogP contribution in [0.25, 0.3) is 0 Å². The highest BCUT2D eigenvalue weighted by Crippen LogP contribution is 2.12. The van der Waals surface area contributed by atoms with Gasteiger partial charge in [-0.3, -0.25) is 4.79 Å². The fourth-order valence-electron chi connectivity index (χ4n) is 2.12. The second kappa shape index (κ2) is 8.56. The first-order valence-corrected chi connectivity index (χ1v) is 8.24. The zero-order valence-corrected chi connectivity index (χ0v) is 14.6. The number of hydrogen-bond donors (Lipinski definition) is 3. The Kier molecular flexibility index (Phi) is 5.73. The first-order chi connectivity index (χ1) is 13.1. The minimum atomic E-state index is -0.497. The Morgan fingerprint density at radius 1 is 1.00 bits per heavy atom. The molecule has 0 unspecified atom stereocenters. The molecule has 0 bridgehead atoms. The molecule has 27 heavy (non-hydrogen) atoms. The minimum Gasteiger partial charge on any atom is -0.430 e. The maximum atomic E-state index is 11.9. The lowest BCUT2D eigenvalue weighted by atomic mass is 10.3. The third-order valence-corrected chi connectivity index (χ3v) is 3.51. The zero-order valence-electron chi connectivity index (χ0n) is 14.6. The van der Waals surface area contributed by atoms with Gasteiger partial charge in [0.1, 0.15) is 17.9 Å². The summed E-state index contributed by atoms with van der Waals surface area (Å²) in [6, 6.07) is 9.98. The topological polar surface area (TPSA) is 122 Å². The van der Waals surface area contributed by atoms with Gasteiger partial charge >= 0.3 is 5.63 Å². The Morgan fingerprint density at radius 3 is 2.44 bits per heavy atom. The molecule has 0 aliphatic carbocycles. The maximum Gasteiger partial charge on any atom is 0.335 e. The van der Waals surface area contributed by atoms with Gasteiger partial charge in [-0.1, -0.05) is 6.07 Å². The van der Waals surface area contributed by atoms with Crippen molar-refractivity contribution >= 4 is 23.4 Å². The smallest absolute Gasteiger partial charge is 0.335 e. The largest absolute Gasteiger partial charge is 0.430 e. The number of amides is 1. The van der Waals surface area contributed by atoms with E-state index in [1.807, 2.05) is 19.1 Å². The van der Waals surface area contributed by atoms with E-state index in [2.05, 4.69) is 35.5 Å². The minimum absolute atomic E-state index is 0.287. The number of rotatable bonds is 7. The van der Waals surface area contributed by atoms with E-state index in [1.54, 1.807) is 18.3 Å². The van der Waals surface area contributed by atoms with E-state index < -0.39 is 5.63 Å². The van der Waals surface area contributed by atoms with Gasteiger partial charge in [-0.15, -0.1) is 10.2 Å². The number of aryl methyl sites for hydroxylation is 1. The van der Waals surface area contributed by atoms with Crippen molar-refractivity contribution in [2.24, 2.45) is 0 Å². The van der Waals surface area contributed by atoms with Crippen molar-refractivity contribution in [2.75, 3.05) is 23.7 Å². The highest BCUT2D eigenvalue weighted by molar-refractivity contribution is 5.93. The molecule has 3 rings (SSSR count). The summed E-state index contributed by atoms with van der Waals surface area (Å²) in [5, 5.41) is 17.0. The molecule has 3 N–H and O–H groups in total. The monoisotopic (exact) mass is 366 g/mol. The molecule has 0 saturated heterocycles. The van der Waals surface area contributed by atoms with Crippen molar-refractivity contribution in [3.05, 3.63) is 70.4 Å². The van der Waals surface area contributed by atoms with Crippen LogP contribution in [-0.2, 0) is 0 Å². The molecule has 138 valence electrons. The van der Waals surface area contributed by atoms with Crippen molar-refractivity contribution in [3.63, 3.8) is 0 Å². The SMILES string of the molecule is Cc1ccc(Nc2ccc(NCCNC(=O)c3ccc(=O)oc3)nn2)nc1. The van der Waals surface area contributed by atoms with Gasteiger partial charge in [-0.2, -0.15) is 0 Å². The quantitative estimate of drug-likeness (QED) is 0.540. The van der Waals surface area contributed by atoms with Crippen LogP contribution in [-0.4, -0.2) is 34.2 Å².